The second-order valence-electron chi connectivity index (χ2n) is 5.43. The Labute approximate surface area is 138 Å². The summed E-state index contributed by atoms with van der Waals surface area (Å²) in [5.41, 5.74) is 8.52. The maximum absolute atomic E-state index is 12.9. The number of rotatable bonds is 4. The quantitative estimate of drug-likeness (QED) is 0.772. The number of nitrogens with one attached hydrogen (secondary N) is 1. The van der Waals surface area contributed by atoms with Crippen molar-refractivity contribution in [2.75, 3.05) is 11.1 Å². The van der Waals surface area contributed by atoms with Crippen molar-refractivity contribution in [3.63, 3.8) is 0 Å². The van der Waals surface area contributed by atoms with Crippen LogP contribution in [0.3, 0.4) is 0 Å². The van der Waals surface area contributed by atoms with Gasteiger partial charge in [-0.05, 0) is 42.3 Å². The first-order valence-corrected chi connectivity index (χ1v) is 7.34. The number of aryl methyl sites for hydroxylation is 1. The predicted octanol–water partition coefficient (Wildman–Crippen LogP) is 2.61. The van der Waals surface area contributed by atoms with Crippen molar-refractivity contribution in [1.29, 1.82) is 0 Å². The van der Waals surface area contributed by atoms with Crippen molar-refractivity contribution >= 4 is 17.4 Å². The Balaban J connectivity index is 1.76. The number of aromatic nitrogens is 3. The van der Waals surface area contributed by atoms with Gasteiger partial charge < -0.3 is 11.1 Å². The number of amides is 1. The van der Waals surface area contributed by atoms with Crippen LogP contribution in [0.25, 0.3) is 0 Å². The van der Waals surface area contributed by atoms with E-state index >= 15 is 0 Å². The Hall–Kier alpha value is -3.22. The Morgan fingerprint density at radius 2 is 2.00 bits per heavy atom. The molecule has 1 amide bonds. The lowest BCUT2D eigenvalue weighted by molar-refractivity contribution is 0.102. The fourth-order valence-electron chi connectivity index (χ4n) is 2.27. The van der Waals surface area contributed by atoms with Gasteiger partial charge >= 0.3 is 0 Å². The third-order valence-corrected chi connectivity index (χ3v) is 3.51. The molecule has 0 aliphatic rings. The zero-order valence-corrected chi connectivity index (χ0v) is 13.0. The summed E-state index contributed by atoms with van der Waals surface area (Å²) in [6.45, 7) is 2.24. The molecule has 0 radical (unpaired) electrons. The van der Waals surface area contributed by atoms with Crippen molar-refractivity contribution in [2.24, 2.45) is 0 Å². The average molecular weight is 325 g/mol. The lowest BCUT2D eigenvalue weighted by Gasteiger charge is -2.06. The van der Waals surface area contributed by atoms with Crippen LogP contribution < -0.4 is 11.1 Å². The van der Waals surface area contributed by atoms with Gasteiger partial charge in [0.2, 0.25) is 0 Å². The Morgan fingerprint density at radius 3 is 2.71 bits per heavy atom. The minimum absolute atomic E-state index is 0.0543. The maximum Gasteiger partial charge on any atom is 0.280 e. The molecular formula is C17H16FN5O. The number of benzene rings is 2. The van der Waals surface area contributed by atoms with E-state index in [9.17, 15) is 9.18 Å². The van der Waals surface area contributed by atoms with Gasteiger partial charge in [-0.2, -0.15) is 0 Å². The molecule has 0 bridgehead atoms. The van der Waals surface area contributed by atoms with Crippen LogP contribution in [0.15, 0.2) is 48.5 Å². The molecule has 3 N–H and O–H groups in total. The Morgan fingerprint density at radius 1 is 1.25 bits per heavy atom. The Bertz CT molecular complexity index is 873. The lowest BCUT2D eigenvalue weighted by atomic mass is 10.2. The topological polar surface area (TPSA) is 85.8 Å². The molecule has 7 heteroatoms. The number of nitrogens with zero attached hydrogens (tertiary/aromatic N) is 3. The van der Waals surface area contributed by atoms with E-state index in [1.165, 1.54) is 16.8 Å². The molecule has 0 spiro atoms. The number of nitrogens with two attached hydrogens (primary N) is 1. The summed E-state index contributed by atoms with van der Waals surface area (Å²) in [6.07, 6.45) is 0. The summed E-state index contributed by atoms with van der Waals surface area (Å²) in [4.78, 5) is 12.3. The SMILES string of the molecule is Cc1cccc(NC(=O)c2nnn(Cc3ccc(F)cc3)c2N)c1. The third-order valence-electron chi connectivity index (χ3n) is 3.51. The van der Waals surface area contributed by atoms with Gasteiger partial charge in [0.1, 0.15) is 5.82 Å². The van der Waals surface area contributed by atoms with E-state index in [0.29, 0.717) is 12.2 Å². The van der Waals surface area contributed by atoms with E-state index in [0.717, 1.165) is 11.1 Å². The molecule has 1 aromatic heterocycles. The van der Waals surface area contributed by atoms with Crippen molar-refractivity contribution in [3.05, 3.63) is 71.2 Å². The highest BCUT2D eigenvalue weighted by molar-refractivity contribution is 6.05. The molecule has 1 heterocycles. The highest BCUT2D eigenvalue weighted by Crippen LogP contribution is 2.15. The third kappa shape index (κ3) is 3.40. The summed E-state index contributed by atoms with van der Waals surface area (Å²) >= 11 is 0. The summed E-state index contributed by atoms with van der Waals surface area (Å²) < 4.78 is 14.3. The lowest BCUT2D eigenvalue weighted by Crippen LogP contribution is -2.15. The molecule has 122 valence electrons. The van der Waals surface area contributed by atoms with Gasteiger partial charge in [-0.15, -0.1) is 5.10 Å². The molecule has 0 atom stereocenters. The van der Waals surface area contributed by atoms with Crippen molar-refractivity contribution in [1.82, 2.24) is 15.0 Å². The Kier molecular flexibility index (Phi) is 4.24. The van der Waals surface area contributed by atoms with Crippen LogP contribution in [0.2, 0.25) is 0 Å². The summed E-state index contributed by atoms with van der Waals surface area (Å²) in [7, 11) is 0. The second-order valence-corrected chi connectivity index (χ2v) is 5.43. The zero-order valence-electron chi connectivity index (χ0n) is 13.0. The first kappa shape index (κ1) is 15.7. The fraction of sp³-hybridized carbons (Fsp3) is 0.118. The van der Waals surface area contributed by atoms with Crippen LogP contribution in [0.1, 0.15) is 21.6 Å². The normalized spacial score (nSPS) is 10.6. The number of carbonyl (C=O) groups is 1. The van der Waals surface area contributed by atoms with E-state index in [-0.39, 0.29) is 17.3 Å². The number of hydrogen-bond donors (Lipinski definition) is 2. The standard InChI is InChI=1S/C17H16FN5O/c1-11-3-2-4-14(9-11)20-17(24)15-16(19)23(22-21-15)10-12-5-7-13(18)8-6-12/h2-9H,10,19H2,1H3,(H,20,24). The molecule has 0 aliphatic heterocycles. The van der Waals surface area contributed by atoms with Crippen LogP contribution >= 0.6 is 0 Å². The largest absolute Gasteiger partial charge is 0.382 e. The van der Waals surface area contributed by atoms with E-state index in [2.05, 4.69) is 15.6 Å². The second kappa shape index (κ2) is 6.49. The molecular weight excluding hydrogens is 309 g/mol. The molecule has 3 aromatic rings. The van der Waals surface area contributed by atoms with E-state index in [1.807, 2.05) is 25.1 Å². The highest BCUT2D eigenvalue weighted by atomic mass is 19.1. The molecule has 0 aliphatic carbocycles. The van der Waals surface area contributed by atoms with Gasteiger partial charge in [0.15, 0.2) is 11.5 Å². The monoisotopic (exact) mass is 325 g/mol. The van der Waals surface area contributed by atoms with Crippen molar-refractivity contribution in [2.45, 2.75) is 13.5 Å². The van der Waals surface area contributed by atoms with Gasteiger partial charge in [0.25, 0.3) is 5.91 Å². The summed E-state index contributed by atoms with van der Waals surface area (Å²) in [5, 5.41) is 10.5. The van der Waals surface area contributed by atoms with E-state index < -0.39 is 5.91 Å². The number of nitrogen functional groups attached to an aromatic ring is 1. The number of carbonyl (C=O) groups excluding carboxylic acids is 1. The summed E-state index contributed by atoms with van der Waals surface area (Å²) in [6, 6.07) is 13.4. The molecule has 24 heavy (non-hydrogen) atoms. The van der Waals surface area contributed by atoms with Crippen LogP contribution in [0.4, 0.5) is 15.9 Å². The minimum atomic E-state index is -0.427. The molecule has 6 nitrogen and oxygen atoms in total. The van der Waals surface area contributed by atoms with Gasteiger partial charge in [-0.1, -0.05) is 29.5 Å². The molecule has 0 saturated carbocycles. The van der Waals surface area contributed by atoms with Gasteiger partial charge in [-0.25, -0.2) is 9.07 Å². The van der Waals surface area contributed by atoms with E-state index in [4.69, 9.17) is 5.73 Å². The zero-order chi connectivity index (χ0) is 17.1. The van der Waals surface area contributed by atoms with Gasteiger partial charge in [0.05, 0.1) is 6.54 Å². The number of anilines is 2. The highest BCUT2D eigenvalue weighted by Gasteiger charge is 2.17. The van der Waals surface area contributed by atoms with Gasteiger partial charge in [-0.3, -0.25) is 4.79 Å². The first-order chi connectivity index (χ1) is 11.5. The van der Waals surface area contributed by atoms with Crippen molar-refractivity contribution in [3.8, 4) is 0 Å². The molecule has 0 unspecified atom stereocenters. The minimum Gasteiger partial charge on any atom is -0.382 e. The van der Waals surface area contributed by atoms with Gasteiger partial charge in [0, 0.05) is 5.69 Å². The molecule has 2 aromatic carbocycles. The van der Waals surface area contributed by atoms with Crippen molar-refractivity contribution < 1.29 is 9.18 Å². The number of halogens is 1. The summed E-state index contributed by atoms with van der Waals surface area (Å²) in [5.74, 6) is -0.587. The van der Waals surface area contributed by atoms with Crippen LogP contribution in [0, 0.1) is 12.7 Å². The van der Waals surface area contributed by atoms with Crippen LogP contribution in [0.5, 0.6) is 0 Å². The molecule has 0 fully saturated rings. The van der Waals surface area contributed by atoms with E-state index in [1.54, 1.807) is 18.2 Å². The van der Waals surface area contributed by atoms with Crippen LogP contribution in [-0.4, -0.2) is 20.9 Å². The van der Waals surface area contributed by atoms with Crippen LogP contribution in [-0.2, 0) is 6.54 Å². The average Bonchev–Trinajstić information content (AvgIpc) is 2.91. The smallest absolute Gasteiger partial charge is 0.280 e. The predicted molar refractivity (Wildman–Crippen MR) is 89.1 cm³/mol. The fourth-order valence-corrected chi connectivity index (χ4v) is 2.27. The maximum atomic E-state index is 12.9. The molecule has 0 saturated heterocycles. The first-order valence-electron chi connectivity index (χ1n) is 7.34. The molecule has 3 rings (SSSR count). The number of hydrogen-bond acceptors (Lipinski definition) is 4.